The van der Waals surface area contributed by atoms with Crippen molar-refractivity contribution in [2.75, 3.05) is 6.61 Å². The molecule has 2 heterocycles. The first kappa shape index (κ1) is 16.8. The van der Waals surface area contributed by atoms with Gasteiger partial charge in [0.2, 0.25) is 0 Å². The standard InChI is InChI=1S/C12H16N2O7S/c1-5(20-4-7(16)17)10-8(18)9(19)11(21-10)14-3-2-6(15)13-12(14)22/h2-3,5,8-11,18-19H,4H2,1H3,(H,16,17)(H,13,15,22)/t5?,8-,9+,10+,11+/m0/s1. The summed E-state index contributed by atoms with van der Waals surface area (Å²) in [4.78, 5) is 24.0. The van der Waals surface area contributed by atoms with Crippen LogP contribution in [0.2, 0.25) is 0 Å². The highest BCUT2D eigenvalue weighted by atomic mass is 32.1. The molecule has 1 saturated heterocycles. The van der Waals surface area contributed by atoms with Crippen LogP contribution in [0.25, 0.3) is 0 Å². The second kappa shape index (κ2) is 6.67. The SMILES string of the molecule is CC(OCC(=O)O)[C@H]1O[C@@H](n2ccc(=O)[nH]c2=S)[C@H](O)[C@@H]1O. The molecule has 1 aromatic rings. The van der Waals surface area contributed by atoms with Crippen molar-refractivity contribution in [1.82, 2.24) is 9.55 Å². The van der Waals surface area contributed by atoms with Crippen LogP contribution in [-0.2, 0) is 14.3 Å². The number of aromatic amines is 1. The number of rotatable bonds is 5. The Bertz CT molecular complexity index is 657. The molecular weight excluding hydrogens is 316 g/mol. The number of hydrogen-bond donors (Lipinski definition) is 4. The van der Waals surface area contributed by atoms with E-state index in [0.717, 1.165) is 0 Å². The predicted octanol–water partition coefficient (Wildman–Crippen LogP) is -0.985. The smallest absolute Gasteiger partial charge is 0.329 e. The lowest BCUT2D eigenvalue weighted by Crippen LogP contribution is -2.39. The highest BCUT2D eigenvalue weighted by Crippen LogP contribution is 2.31. The third kappa shape index (κ3) is 3.42. The van der Waals surface area contributed by atoms with E-state index in [4.69, 9.17) is 26.8 Å². The van der Waals surface area contributed by atoms with Crippen molar-refractivity contribution in [2.45, 2.75) is 37.6 Å². The second-order valence-electron chi connectivity index (χ2n) is 4.90. The fourth-order valence-corrected chi connectivity index (χ4v) is 2.49. The summed E-state index contributed by atoms with van der Waals surface area (Å²) in [6.45, 7) is 0.977. The minimum Gasteiger partial charge on any atom is -0.480 e. The van der Waals surface area contributed by atoms with E-state index in [9.17, 15) is 19.8 Å². The number of H-pyrrole nitrogens is 1. The number of ether oxygens (including phenoxy) is 2. The van der Waals surface area contributed by atoms with Gasteiger partial charge < -0.3 is 24.8 Å². The first-order valence-corrected chi connectivity index (χ1v) is 6.88. The van der Waals surface area contributed by atoms with E-state index >= 15 is 0 Å². The van der Waals surface area contributed by atoms with Gasteiger partial charge >= 0.3 is 5.97 Å². The Hall–Kier alpha value is -1.59. The number of hydrogen-bond acceptors (Lipinski definition) is 7. The van der Waals surface area contributed by atoms with E-state index in [-0.39, 0.29) is 4.77 Å². The molecule has 0 spiro atoms. The van der Waals surface area contributed by atoms with Gasteiger partial charge in [0.1, 0.15) is 24.9 Å². The minimum atomic E-state index is -1.31. The molecule has 9 nitrogen and oxygen atoms in total. The first-order chi connectivity index (χ1) is 10.3. The van der Waals surface area contributed by atoms with Gasteiger partial charge in [-0.2, -0.15) is 0 Å². The van der Waals surface area contributed by atoms with Crippen LogP contribution < -0.4 is 5.56 Å². The number of aliphatic hydroxyl groups is 2. The number of carboxylic acid groups (broad SMARTS) is 1. The number of aromatic nitrogens is 2. The number of carbonyl (C=O) groups is 1. The number of nitrogens with zero attached hydrogens (tertiary/aromatic N) is 1. The molecule has 0 amide bonds. The van der Waals surface area contributed by atoms with Crippen molar-refractivity contribution >= 4 is 18.2 Å². The maximum Gasteiger partial charge on any atom is 0.329 e. The third-order valence-corrected chi connectivity index (χ3v) is 3.65. The minimum absolute atomic E-state index is 0.0310. The molecule has 122 valence electrons. The highest BCUT2D eigenvalue weighted by molar-refractivity contribution is 7.71. The quantitative estimate of drug-likeness (QED) is 0.505. The fourth-order valence-electron chi connectivity index (χ4n) is 2.23. The van der Waals surface area contributed by atoms with Gasteiger partial charge in [0, 0.05) is 12.3 Å². The number of nitrogens with one attached hydrogen (secondary N) is 1. The molecule has 4 N–H and O–H groups in total. The average molecular weight is 332 g/mol. The number of aliphatic carboxylic acids is 1. The van der Waals surface area contributed by atoms with Crippen LogP contribution in [0.15, 0.2) is 17.1 Å². The molecule has 1 unspecified atom stereocenters. The Morgan fingerprint density at radius 1 is 1.55 bits per heavy atom. The molecule has 0 bridgehead atoms. The molecule has 5 atom stereocenters. The van der Waals surface area contributed by atoms with E-state index in [1.54, 1.807) is 0 Å². The van der Waals surface area contributed by atoms with Crippen molar-refractivity contribution in [3.8, 4) is 0 Å². The van der Waals surface area contributed by atoms with Crippen LogP contribution in [0.1, 0.15) is 13.2 Å². The van der Waals surface area contributed by atoms with Gasteiger partial charge in [-0.05, 0) is 19.1 Å². The van der Waals surface area contributed by atoms with Crippen LogP contribution in [0.4, 0.5) is 0 Å². The molecular formula is C12H16N2O7S. The first-order valence-electron chi connectivity index (χ1n) is 6.47. The van der Waals surface area contributed by atoms with Crippen molar-refractivity contribution in [3.05, 3.63) is 27.4 Å². The summed E-state index contributed by atoms with van der Waals surface area (Å²) in [5.74, 6) is -1.15. The van der Waals surface area contributed by atoms with Gasteiger partial charge in [0.05, 0.1) is 6.10 Å². The average Bonchev–Trinajstić information content (AvgIpc) is 2.73. The fraction of sp³-hybridized carbons (Fsp3) is 0.583. The molecule has 1 fully saturated rings. The summed E-state index contributed by atoms with van der Waals surface area (Å²) in [5.41, 5.74) is -0.399. The van der Waals surface area contributed by atoms with Gasteiger partial charge in [-0.1, -0.05) is 0 Å². The maximum absolute atomic E-state index is 11.2. The van der Waals surface area contributed by atoms with Gasteiger partial charge in [0.25, 0.3) is 5.56 Å². The Kier molecular flexibility index (Phi) is 5.08. The topological polar surface area (TPSA) is 134 Å². The summed E-state index contributed by atoms with van der Waals surface area (Å²) in [5, 5.41) is 28.7. The molecule has 0 saturated carbocycles. The van der Waals surface area contributed by atoms with Gasteiger partial charge in [-0.15, -0.1) is 0 Å². The van der Waals surface area contributed by atoms with Crippen molar-refractivity contribution in [2.24, 2.45) is 0 Å². The lowest BCUT2D eigenvalue weighted by molar-refractivity contribution is -0.150. The predicted molar refractivity (Wildman–Crippen MR) is 74.9 cm³/mol. The molecule has 10 heteroatoms. The molecule has 1 aromatic heterocycles. The van der Waals surface area contributed by atoms with E-state index in [1.165, 1.54) is 23.8 Å². The highest BCUT2D eigenvalue weighted by Gasteiger charge is 2.46. The molecule has 1 aliphatic rings. The van der Waals surface area contributed by atoms with Gasteiger partial charge in [-0.25, -0.2) is 4.79 Å². The van der Waals surface area contributed by atoms with Crippen LogP contribution in [-0.4, -0.2) is 61.9 Å². The van der Waals surface area contributed by atoms with Crippen LogP contribution >= 0.6 is 12.2 Å². The Balaban J connectivity index is 2.17. The Morgan fingerprint density at radius 2 is 2.23 bits per heavy atom. The van der Waals surface area contributed by atoms with Crippen LogP contribution in [0.5, 0.6) is 0 Å². The largest absolute Gasteiger partial charge is 0.480 e. The van der Waals surface area contributed by atoms with E-state index in [1.807, 2.05) is 0 Å². The van der Waals surface area contributed by atoms with Crippen molar-refractivity contribution in [3.63, 3.8) is 0 Å². The Labute approximate surface area is 129 Å². The summed E-state index contributed by atoms with van der Waals surface area (Å²) in [6.07, 6.45) is -3.97. The molecule has 22 heavy (non-hydrogen) atoms. The zero-order valence-corrected chi connectivity index (χ0v) is 12.4. The lowest BCUT2D eigenvalue weighted by atomic mass is 10.1. The molecule has 0 aliphatic carbocycles. The van der Waals surface area contributed by atoms with Gasteiger partial charge in [0.15, 0.2) is 11.0 Å². The monoisotopic (exact) mass is 332 g/mol. The van der Waals surface area contributed by atoms with Crippen LogP contribution in [0.3, 0.4) is 0 Å². The summed E-state index contributed by atoms with van der Waals surface area (Å²) < 4.78 is 11.9. The number of aliphatic hydroxyl groups excluding tert-OH is 2. The normalized spacial score (nSPS) is 29.4. The summed E-state index contributed by atoms with van der Waals surface area (Å²) in [6, 6.07) is 1.20. The molecule has 0 radical (unpaired) electrons. The summed E-state index contributed by atoms with van der Waals surface area (Å²) in [7, 11) is 0. The van der Waals surface area contributed by atoms with Crippen LogP contribution in [0, 0.1) is 4.77 Å². The third-order valence-electron chi connectivity index (χ3n) is 3.33. The molecule has 0 aromatic carbocycles. The summed E-state index contributed by atoms with van der Waals surface area (Å²) >= 11 is 4.98. The van der Waals surface area contributed by atoms with Crippen molar-refractivity contribution in [1.29, 1.82) is 0 Å². The zero-order chi connectivity index (χ0) is 16.4. The van der Waals surface area contributed by atoms with Gasteiger partial charge in [-0.3, -0.25) is 14.3 Å². The maximum atomic E-state index is 11.2. The van der Waals surface area contributed by atoms with E-state index in [0.29, 0.717) is 0 Å². The second-order valence-corrected chi connectivity index (χ2v) is 5.29. The van der Waals surface area contributed by atoms with E-state index in [2.05, 4.69) is 4.98 Å². The van der Waals surface area contributed by atoms with Crippen molar-refractivity contribution < 1.29 is 29.6 Å². The zero-order valence-electron chi connectivity index (χ0n) is 11.6. The molecule has 1 aliphatic heterocycles. The Morgan fingerprint density at radius 3 is 2.82 bits per heavy atom. The number of carboxylic acids is 1. The lowest BCUT2D eigenvalue weighted by Gasteiger charge is -2.21. The van der Waals surface area contributed by atoms with E-state index < -0.39 is 48.8 Å². The molecule has 2 rings (SSSR count).